The molecule has 5 nitrogen and oxygen atoms in total. The van der Waals surface area contributed by atoms with Crippen molar-refractivity contribution in [2.45, 2.75) is 51.1 Å². The number of carbonyl (C=O) groups excluding carboxylic acids is 1. The van der Waals surface area contributed by atoms with Crippen LogP contribution in [0.5, 0.6) is 0 Å². The fourth-order valence-electron chi connectivity index (χ4n) is 3.23. The minimum atomic E-state index is 0.00870. The van der Waals surface area contributed by atoms with Crippen LogP contribution in [-0.4, -0.2) is 21.5 Å². The SMILES string of the molecule is Cc1cc(C)c(C#N)c(SCC(=O)N(Cc2ccco2)C2=CCCCC2)n1. The summed E-state index contributed by atoms with van der Waals surface area (Å²) in [5.74, 6) is 1.01. The maximum atomic E-state index is 13.0. The third-order valence-electron chi connectivity index (χ3n) is 4.56. The number of furan rings is 1. The highest BCUT2D eigenvalue weighted by atomic mass is 32.2. The van der Waals surface area contributed by atoms with E-state index >= 15 is 0 Å². The molecule has 27 heavy (non-hydrogen) atoms. The van der Waals surface area contributed by atoms with E-state index in [-0.39, 0.29) is 11.7 Å². The Kier molecular flexibility index (Phi) is 6.36. The van der Waals surface area contributed by atoms with Gasteiger partial charge < -0.3 is 9.32 Å². The zero-order valence-electron chi connectivity index (χ0n) is 15.7. The molecule has 0 radical (unpaired) electrons. The maximum Gasteiger partial charge on any atom is 0.237 e. The molecule has 1 aliphatic rings. The van der Waals surface area contributed by atoms with Crippen LogP contribution in [-0.2, 0) is 11.3 Å². The summed E-state index contributed by atoms with van der Waals surface area (Å²) in [4.78, 5) is 19.3. The lowest BCUT2D eigenvalue weighted by Crippen LogP contribution is -2.32. The number of hydrogen-bond acceptors (Lipinski definition) is 5. The van der Waals surface area contributed by atoms with Gasteiger partial charge in [-0.2, -0.15) is 5.26 Å². The van der Waals surface area contributed by atoms with E-state index in [4.69, 9.17) is 4.42 Å². The van der Waals surface area contributed by atoms with E-state index in [1.165, 1.54) is 18.2 Å². The highest BCUT2D eigenvalue weighted by molar-refractivity contribution is 8.00. The molecule has 1 amide bonds. The summed E-state index contributed by atoms with van der Waals surface area (Å²) in [6, 6.07) is 7.82. The van der Waals surface area contributed by atoms with Crippen molar-refractivity contribution in [2.75, 3.05) is 5.75 Å². The zero-order chi connectivity index (χ0) is 19.2. The van der Waals surface area contributed by atoms with Gasteiger partial charge in [-0.3, -0.25) is 4.79 Å². The van der Waals surface area contributed by atoms with Gasteiger partial charge in [-0.25, -0.2) is 4.98 Å². The maximum absolute atomic E-state index is 13.0. The van der Waals surface area contributed by atoms with Gasteiger partial charge in [0.2, 0.25) is 5.91 Å². The molecule has 0 fully saturated rings. The van der Waals surface area contributed by atoms with Crippen molar-refractivity contribution in [1.82, 2.24) is 9.88 Å². The number of allylic oxidation sites excluding steroid dienone is 2. The molecule has 0 aliphatic heterocycles. The minimum Gasteiger partial charge on any atom is -0.467 e. The van der Waals surface area contributed by atoms with Crippen LogP contribution >= 0.6 is 11.8 Å². The lowest BCUT2D eigenvalue weighted by Gasteiger charge is -2.27. The molecule has 0 saturated heterocycles. The first-order valence-corrected chi connectivity index (χ1v) is 10.1. The van der Waals surface area contributed by atoms with Crippen molar-refractivity contribution < 1.29 is 9.21 Å². The Balaban J connectivity index is 1.77. The van der Waals surface area contributed by atoms with Crippen molar-refractivity contribution in [1.29, 1.82) is 5.26 Å². The molecule has 0 aromatic carbocycles. The summed E-state index contributed by atoms with van der Waals surface area (Å²) in [6.45, 7) is 4.23. The van der Waals surface area contributed by atoms with Crippen LogP contribution in [0.2, 0.25) is 0 Å². The van der Waals surface area contributed by atoms with Gasteiger partial charge in [-0.1, -0.05) is 17.8 Å². The van der Waals surface area contributed by atoms with E-state index in [0.29, 0.717) is 17.1 Å². The van der Waals surface area contributed by atoms with Crippen LogP contribution in [0.1, 0.15) is 48.3 Å². The molecular weight excluding hydrogens is 358 g/mol. The second-order valence-corrected chi connectivity index (χ2v) is 7.63. The molecular formula is C21H23N3O2S. The molecule has 2 aromatic rings. The van der Waals surface area contributed by atoms with Crippen molar-refractivity contribution in [2.24, 2.45) is 0 Å². The minimum absolute atomic E-state index is 0.00870. The molecule has 0 saturated carbocycles. The summed E-state index contributed by atoms with van der Waals surface area (Å²) < 4.78 is 5.45. The Hall–Kier alpha value is -2.52. The lowest BCUT2D eigenvalue weighted by molar-refractivity contribution is -0.127. The second kappa shape index (κ2) is 8.92. The van der Waals surface area contributed by atoms with Crippen LogP contribution in [0.25, 0.3) is 0 Å². The van der Waals surface area contributed by atoms with Crippen molar-refractivity contribution in [3.63, 3.8) is 0 Å². The normalized spacial score (nSPS) is 13.7. The van der Waals surface area contributed by atoms with E-state index in [0.717, 1.165) is 42.0 Å². The van der Waals surface area contributed by atoms with E-state index < -0.39 is 0 Å². The summed E-state index contributed by atoms with van der Waals surface area (Å²) in [7, 11) is 0. The van der Waals surface area contributed by atoms with Crippen molar-refractivity contribution in [3.05, 3.63) is 58.8 Å². The molecule has 1 aliphatic carbocycles. The van der Waals surface area contributed by atoms with E-state index in [2.05, 4.69) is 17.1 Å². The molecule has 2 aromatic heterocycles. The molecule has 0 unspecified atom stereocenters. The van der Waals surface area contributed by atoms with Crippen LogP contribution in [0.4, 0.5) is 0 Å². The number of aromatic nitrogens is 1. The smallest absolute Gasteiger partial charge is 0.237 e. The van der Waals surface area contributed by atoms with E-state index in [9.17, 15) is 10.1 Å². The van der Waals surface area contributed by atoms with Gasteiger partial charge in [0.25, 0.3) is 0 Å². The second-order valence-electron chi connectivity index (χ2n) is 6.66. The number of nitrogens with zero attached hydrogens (tertiary/aromatic N) is 3. The fourth-order valence-corrected chi connectivity index (χ4v) is 4.20. The van der Waals surface area contributed by atoms with Crippen LogP contribution in [0, 0.1) is 25.2 Å². The van der Waals surface area contributed by atoms with Crippen molar-refractivity contribution in [3.8, 4) is 6.07 Å². The van der Waals surface area contributed by atoms with Crippen LogP contribution < -0.4 is 0 Å². The highest BCUT2D eigenvalue weighted by Crippen LogP contribution is 2.27. The highest BCUT2D eigenvalue weighted by Gasteiger charge is 2.22. The van der Waals surface area contributed by atoms with Crippen molar-refractivity contribution >= 4 is 17.7 Å². The monoisotopic (exact) mass is 381 g/mol. The average Bonchev–Trinajstić information content (AvgIpc) is 3.18. The van der Waals surface area contributed by atoms with Gasteiger partial charge in [0, 0.05) is 11.4 Å². The molecule has 2 heterocycles. The molecule has 0 atom stereocenters. The van der Waals surface area contributed by atoms with Gasteiger partial charge in [0.05, 0.1) is 24.1 Å². The Bertz CT molecular complexity index is 882. The molecule has 3 rings (SSSR count). The summed E-state index contributed by atoms with van der Waals surface area (Å²) in [5.41, 5.74) is 3.36. The van der Waals surface area contributed by atoms with Gasteiger partial charge in [0.15, 0.2) is 0 Å². The van der Waals surface area contributed by atoms with Gasteiger partial charge in [-0.15, -0.1) is 0 Å². The molecule has 0 bridgehead atoms. The summed E-state index contributed by atoms with van der Waals surface area (Å²) in [5, 5.41) is 10.0. The number of pyridine rings is 1. The van der Waals surface area contributed by atoms with E-state index in [1.807, 2.05) is 36.9 Å². The van der Waals surface area contributed by atoms with Gasteiger partial charge in [0.1, 0.15) is 16.9 Å². The number of nitriles is 1. The number of carbonyl (C=O) groups is 1. The predicted octanol–water partition coefficient (Wildman–Crippen LogP) is 4.74. The molecule has 0 N–H and O–H groups in total. The number of hydrogen-bond donors (Lipinski definition) is 0. The average molecular weight is 382 g/mol. The molecule has 140 valence electrons. The Morgan fingerprint density at radius 1 is 1.41 bits per heavy atom. The van der Waals surface area contributed by atoms with Gasteiger partial charge in [-0.05, 0) is 63.3 Å². The third-order valence-corrected chi connectivity index (χ3v) is 5.52. The first kappa shape index (κ1) is 19.2. The van der Waals surface area contributed by atoms with Gasteiger partial charge >= 0.3 is 0 Å². The number of thioether (sulfide) groups is 1. The van der Waals surface area contributed by atoms with Crippen LogP contribution in [0.15, 0.2) is 45.7 Å². The number of aryl methyl sites for hydroxylation is 2. The van der Waals surface area contributed by atoms with Crippen LogP contribution in [0.3, 0.4) is 0 Å². The largest absolute Gasteiger partial charge is 0.467 e. The zero-order valence-corrected chi connectivity index (χ0v) is 16.5. The topological polar surface area (TPSA) is 70.1 Å². The first-order chi connectivity index (χ1) is 13.1. The summed E-state index contributed by atoms with van der Waals surface area (Å²) >= 11 is 1.33. The molecule has 0 spiro atoms. The quantitative estimate of drug-likeness (QED) is 0.676. The number of amides is 1. The standard InChI is InChI=1S/C21H23N3O2S/c1-15-11-16(2)23-21(19(15)12-22)27-14-20(25)24(13-18-9-6-10-26-18)17-7-4-3-5-8-17/h6-7,9-11H,3-5,8,13-14H2,1-2H3. The Labute approximate surface area is 164 Å². The van der Waals surface area contributed by atoms with E-state index in [1.54, 1.807) is 6.26 Å². The number of rotatable bonds is 6. The fraction of sp³-hybridized carbons (Fsp3) is 0.381. The third kappa shape index (κ3) is 4.81. The molecule has 6 heteroatoms. The Morgan fingerprint density at radius 3 is 2.93 bits per heavy atom. The Morgan fingerprint density at radius 2 is 2.26 bits per heavy atom. The summed E-state index contributed by atoms with van der Waals surface area (Å²) in [6.07, 6.45) is 7.95. The lowest BCUT2D eigenvalue weighted by atomic mass is 10.0. The predicted molar refractivity (Wildman–Crippen MR) is 105 cm³/mol. The first-order valence-electron chi connectivity index (χ1n) is 9.11.